The quantitative estimate of drug-likeness (QED) is 0.881. The van der Waals surface area contributed by atoms with Gasteiger partial charge in [-0.2, -0.15) is 0 Å². The zero-order valence-corrected chi connectivity index (χ0v) is 12.2. The first-order valence-corrected chi connectivity index (χ1v) is 7.43. The molecule has 0 amide bonds. The maximum Gasteiger partial charge on any atom is 0.0958 e. The number of fused-ring (bicyclic) bond motifs is 1. The second-order valence-electron chi connectivity index (χ2n) is 5.92. The third-order valence-corrected chi connectivity index (χ3v) is 4.21. The summed E-state index contributed by atoms with van der Waals surface area (Å²) in [4.78, 5) is 4.55. The van der Waals surface area contributed by atoms with E-state index in [9.17, 15) is 5.11 Å². The molecule has 0 aliphatic carbocycles. The molecule has 0 spiro atoms. The molecule has 2 atom stereocenters. The molecular weight excluding hydrogens is 248 g/mol. The largest absolute Gasteiger partial charge is 0.387 e. The number of aryl methyl sites for hydroxylation is 2. The van der Waals surface area contributed by atoms with Gasteiger partial charge >= 0.3 is 0 Å². The van der Waals surface area contributed by atoms with Crippen molar-refractivity contribution in [3.8, 4) is 0 Å². The van der Waals surface area contributed by atoms with Gasteiger partial charge in [0, 0.05) is 23.2 Å². The number of pyridine rings is 1. The van der Waals surface area contributed by atoms with E-state index in [2.05, 4.69) is 42.3 Å². The maximum atomic E-state index is 10.5. The van der Waals surface area contributed by atoms with Crippen LogP contribution in [0.5, 0.6) is 0 Å². The Bertz CT molecular complexity index is 618. The number of hydrogen-bond acceptors (Lipinski definition) is 3. The monoisotopic (exact) mass is 270 g/mol. The minimum Gasteiger partial charge on any atom is -0.387 e. The second kappa shape index (κ2) is 5.51. The zero-order chi connectivity index (χ0) is 14.1. The summed E-state index contributed by atoms with van der Waals surface area (Å²) in [7, 11) is 0. The fraction of sp³-hybridized carbons (Fsp3) is 0.471. The highest BCUT2D eigenvalue weighted by atomic mass is 16.3. The molecule has 2 aromatic rings. The van der Waals surface area contributed by atoms with E-state index in [0.29, 0.717) is 0 Å². The van der Waals surface area contributed by atoms with Crippen molar-refractivity contribution in [2.24, 2.45) is 0 Å². The van der Waals surface area contributed by atoms with Gasteiger partial charge in [0.25, 0.3) is 0 Å². The zero-order valence-electron chi connectivity index (χ0n) is 12.2. The molecule has 0 radical (unpaired) electrons. The molecule has 3 heteroatoms. The van der Waals surface area contributed by atoms with Crippen LogP contribution in [0.2, 0.25) is 0 Å². The lowest BCUT2D eigenvalue weighted by molar-refractivity contribution is 0.113. The summed E-state index contributed by atoms with van der Waals surface area (Å²) in [5.74, 6) is 0. The van der Waals surface area contributed by atoms with Gasteiger partial charge in [0.1, 0.15) is 0 Å². The molecule has 0 bridgehead atoms. The summed E-state index contributed by atoms with van der Waals surface area (Å²) in [5.41, 5.74) is 4.38. The summed E-state index contributed by atoms with van der Waals surface area (Å²) in [5, 5.41) is 15.1. The van der Waals surface area contributed by atoms with Crippen LogP contribution in [-0.2, 0) is 0 Å². The lowest BCUT2D eigenvalue weighted by atomic mass is 9.94. The van der Waals surface area contributed by atoms with E-state index < -0.39 is 6.10 Å². The molecule has 1 aromatic heterocycles. The topological polar surface area (TPSA) is 45.2 Å². The summed E-state index contributed by atoms with van der Waals surface area (Å²) >= 11 is 0. The highest BCUT2D eigenvalue weighted by Crippen LogP contribution is 2.26. The molecule has 1 saturated heterocycles. The minimum atomic E-state index is -0.465. The Labute approximate surface area is 120 Å². The lowest BCUT2D eigenvalue weighted by Crippen LogP contribution is -2.38. The van der Waals surface area contributed by atoms with Gasteiger partial charge in [0.15, 0.2) is 0 Å². The number of rotatable bonds is 2. The molecule has 20 heavy (non-hydrogen) atoms. The van der Waals surface area contributed by atoms with Crippen LogP contribution in [-0.4, -0.2) is 22.7 Å². The van der Waals surface area contributed by atoms with Crippen molar-refractivity contribution >= 4 is 10.9 Å². The van der Waals surface area contributed by atoms with Crippen LogP contribution in [0.25, 0.3) is 10.9 Å². The summed E-state index contributed by atoms with van der Waals surface area (Å²) in [6.07, 6.45) is 4.79. The standard InChI is InChI=1S/C17H22N2O/c1-11-7-12(2)16-13(8-11)9-14(10-19-16)17(20)15-5-3-4-6-18-15/h7-10,15,17-18,20H,3-6H2,1-2H3/t15-,17+/m0/s1. The van der Waals surface area contributed by atoms with Gasteiger partial charge in [-0.05, 0) is 50.9 Å². The normalized spacial score (nSPS) is 21.1. The van der Waals surface area contributed by atoms with Gasteiger partial charge in [0.05, 0.1) is 11.6 Å². The molecule has 106 valence electrons. The Morgan fingerprint density at radius 2 is 2.10 bits per heavy atom. The van der Waals surface area contributed by atoms with Crippen molar-refractivity contribution in [3.05, 3.63) is 41.1 Å². The maximum absolute atomic E-state index is 10.5. The molecule has 0 saturated carbocycles. The van der Waals surface area contributed by atoms with Crippen LogP contribution in [0.4, 0.5) is 0 Å². The van der Waals surface area contributed by atoms with Crippen molar-refractivity contribution in [3.63, 3.8) is 0 Å². The minimum absolute atomic E-state index is 0.161. The molecule has 3 rings (SSSR count). The average Bonchev–Trinajstić information content (AvgIpc) is 2.46. The molecule has 2 N–H and O–H groups in total. The van der Waals surface area contributed by atoms with Crippen LogP contribution in [0.3, 0.4) is 0 Å². The van der Waals surface area contributed by atoms with Crippen molar-refractivity contribution in [2.45, 2.75) is 45.3 Å². The van der Waals surface area contributed by atoms with Crippen LogP contribution in [0, 0.1) is 13.8 Å². The molecule has 0 unspecified atom stereocenters. The van der Waals surface area contributed by atoms with Crippen LogP contribution in [0.15, 0.2) is 24.4 Å². The molecule has 1 aliphatic rings. The Morgan fingerprint density at radius 3 is 2.85 bits per heavy atom. The van der Waals surface area contributed by atoms with E-state index in [1.54, 1.807) is 0 Å². The number of aliphatic hydroxyl groups is 1. The van der Waals surface area contributed by atoms with Crippen molar-refractivity contribution in [2.75, 3.05) is 6.54 Å². The Kier molecular flexibility index (Phi) is 3.72. The number of aliphatic hydroxyl groups excluding tert-OH is 1. The smallest absolute Gasteiger partial charge is 0.0958 e. The van der Waals surface area contributed by atoms with Crippen LogP contribution >= 0.6 is 0 Å². The van der Waals surface area contributed by atoms with Crippen LogP contribution in [0.1, 0.15) is 42.1 Å². The molecule has 1 fully saturated rings. The number of benzene rings is 1. The summed E-state index contributed by atoms with van der Waals surface area (Å²) < 4.78 is 0. The molecule has 1 aromatic carbocycles. The van der Waals surface area contributed by atoms with Gasteiger partial charge in [-0.15, -0.1) is 0 Å². The summed E-state index contributed by atoms with van der Waals surface area (Å²) in [6.45, 7) is 5.18. The van der Waals surface area contributed by atoms with Gasteiger partial charge in [-0.25, -0.2) is 0 Å². The first-order chi connectivity index (χ1) is 9.65. The fourth-order valence-electron chi connectivity index (χ4n) is 3.18. The van der Waals surface area contributed by atoms with Gasteiger partial charge in [0.2, 0.25) is 0 Å². The van der Waals surface area contributed by atoms with E-state index in [1.165, 1.54) is 24.0 Å². The third-order valence-electron chi connectivity index (χ3n) is 4.21. The Balaban J connectivity index is 1.95. The Hall–Kier alpha value is -1.45. The predicted octanol–water partition coefficient (Wildman–Crippen LogP) is 3.03. The van der Waals surface area contributed by atoms with Crippen molar-refractivity contribution in [1.82, 2.24) is 10.3 Å². The van der Waals surface area contributed by atoms with E-state index in [0.717, 1.165) is 29.4 Å². The van der Waals surface area contributed by atoms with E-state index >= 15 is 0 Å². The van der Waals surface area contributed by atoms with Crippen molar-refractivity contribution < 1.29 is 5.11 Å². The van der Waals surface area contributed by atoms with Crippen LogP contribution < -0.4 is 5.32 Å². The van der Waals surface area contributed by atoms with E-state index in [4.69, 9.17) is 0 Å². The molecule has 2 heterocycles. The highest BCUT2D eigenvalue weighted by Gasteiger charge is 2.23. The second-order valence-corrected chi connectivity index (χ2v) is 5.92. The number of nitrogens with one attached hydrogen (secondary N) is 1. The summed E-state index contributed by atoms with van der Waals surface area (Å²) in [6, 6.07) is 6.53. The van der Waals surface area contributed by atoms with Crippen molar-refractivity contribution in [1.29, 1.82) is 0 Å². The van der Waals surface area contributed by atoms with E-state index in [-0.39, 0.29) is 6.04 Å². The number of nitrogens with zero attached hydrogens (tertiary/aromatic N) is 1. The fourth-order valence-corrected chi connectivity index (χ4v) is 3.18. The lowest BCUT2D eigenvalue weighted by Gasteiger charge is -2.28. The number of aromatic nitrogens is 1. The predicted molar refractivity (Wildman–Crippen MR) is 81.8 cm³/mol. The molecule has 3 nitrogen and oxygen atoms in total. The van der Waals surface area contributed by atoms with Gasteiger partial charge in [-0.3, -0.25) is 4.98 Å². The molecule has 1 aliphatic heterocycles. The average molecular weight is 270 g/mol. The molecular formula is C17H22N2O. The Morgan fingerprint density at radius 1 is 1.25 bits per heavy atom. The SMILES string of the molecule is Cc1cc(C)c2ncc([C@@H](O)[C@@H]3CCCCN3)cc2c1. The highest BCUT2D eigenvalue weighted by molar-refractivity contribution is 5.82. The number of piperidine rings is 1. The third kappa shape index (κ3) is 2.56. The number of hydrogen-bond donors (Lipinski definition) is 2. The first-order valence-electron chi connectivity index (χ1n) is 7.43. The van der Waals surface area contributed by atoms with Gasteiger partial charge < -0.3 is 10.4 Å². The first kappa shape index (κ1) is 13.5. The van der Waals surface area contributed by atoms with E-state index in [1.807, 2.05) is 6.20 Å². The van der Waals surface area contributed by atoms with Gasteiger partial charge in [-0.1, -0.05) is 18.1 Å².